The molecular formula is C24H25N5O5. The first-order valence-electron chi connectivity index (χ1n) is 11.2. The molecule has 2 saturated heterocycles. The highest BCUT2D eigenvalue weighted by Gasteiger charge is 2.53. The predicted octanol–water partition coefficient (Wildman–Crippen LogP) is 1.10. The van der Waals surface area contributed by atoms with E-state index in [-0.39, 0.29) is 30.8 Å². The minimum Gasteiger partial charge on any atom is -0.445 e. The lowest BCUT2D eigenvalue weighted by atomic mass is 9.72. The number of carbonyl (C=O) groups is 3. The number of likely N-dealkylation sites (tertiary alicyclic amines) is 2. The maximum atomic E-state index is 12.7. The molecule has 3 aliphatic heterocycles. The summed E-state index contributed by atoms with van der Waals surface area (Å²) < 4.78 is 5.25. The van der Waals surface area contributed by atoms with Gasteiger partial charge in [0.25, 0.3) is 0 Å². The van der Waals surface area contributed by atoms with E-state index in [4.69, 9.17) is 9.52 Å². The van der Waals surface area contributed by atoms with Crippen LogP contribution in [0.5, 0.6) is 0 Å². The highest BCUT2D eigenvalue weighted by molar-refractivity contribution is 6.00. The molecule has 34 heavy (non-hydrogen) atoms. The van der Waals surface area contributed by atoms with Gasteiger partial charge in [0.05, 0.1) is 11.6 Å². The molecule has 2 fully saturated rings. The summed E-state index contributed by atoms with van der Waals surface area (Å²) >= 11 is 0. The molecule has 176 valence electrons. The predicted molar refractivity (Wildman–Crippen MR) is 122 cm³/mol. The molecule has 0 unspecified atom stereocenters. The number of aliphatic hydroxyl groups excluding tert-OH is 1. The van der Waals surface area contributed by atoms with Gasteiger partial charge in [0, 0.05) is 38.5 Å². The van der Waals surface area contributed by atoms with E-state index in [1.807, 2.05) is 17.0 Å². The average Bonchev–Trinajstić information content (AvgIpc) is 3.33. The number of carbonyl (C=O) groups excluding carboxylic acids is 3. The number of aromatic nitrogens is 2. The number of amides is 3. The van der Waals surface area contributed by atoms with Gasteiger partial charge >= 0.3 is 0 Å². The fourth-order valence-corrected chi connectivity index (χ4v) is 4.68. The largest absolute Gasteiger partial charge is 0.445 e. The molecule has 2 aromatic rings. The molecule has 2 N–H and O–H groups in total. The Balaban J connectivity index is 1.20. The van der Waals surface area contributed by atoms with Gasteiger partial charge in [0.15, 0.2) is 0 Å². The number of hydrogen-bond donors (Lipinski definition) is 2. The van der Waals surface area contributed by atoms with Crippen LogP contribution in [0, 0.1) is 5.41 Å². The Morgan fingerprint density at radius 1 is 1.21 bits per heavy atom. The van der Waals surface area contributed by atoms with Crippen LogP contribution in [0.4, 0.5) is 5.82 Å². The summed E-state index contributed by atoms with van der Waals surface area (Å²) in [4.78, 5) is 48.7. The van der Waals surface area contributed by atoms with E-state index >= 15 is 0 Å². The Morgan fingerprint density at radius 2 is 2.00 bits per heavy atom. The number of fused-ring (bicyclic) bond motifs is 1. The summed E-state index contributed by atoms with van der Waals surface area (Å²) in [5.41, 5.74) is 2.15. The van der Waals surface area contributed by atoms with Crippen molar-refractivity contribution in [2.45, 2.75) is 19.3 Å². The van der Waals surface area contributed by atoms with E-state index in [0.717, 1.165) is 24.0 Å². The van der Waals surface area contributed by atoms with E-state index in [9.17, 15) is 14.4 Å². The van der Waals surface area contributed by atoms with Crippen LogP contribution in [0.15, 0.2) is 40.8 Å². The molecule has 3 amide bonds. The zero-order valence-electron chi connectivity index (χ0n) is 18.6. The van der Waals surface area contributed by atoms with Crippen molar-refractivity contribution in [3.05, 3.63) is 53.4 Å². The van der Waals surface area contributed by atoms with E-state index < -0.39 is 12.0 Å². The molecule has 2 aromatic heterocycles. The number of pyridine rings is 1. The van der Waals surface area contributed by atoms with Crippen LogP contribution in [0.25, 0.3) is 12.2 Å². The summed E-state index contributed by atoms with van der Waals surface area (Å²) in [6.45, 7) is 1.26. The molecular weight excluding hydrogens is 438 g/mol. The Morgan fingerprint density at radius 3 is 2.71 bits per heavy atom. The lowest BCUT2D eigenvalue weighted by Crippen LogP contribution is -2.66. The molecule has 5 rings (SSSR count). The maximum absolute atomic E-state index is 12.7. The molecule has 0 atom stereocenters. The second-order valence-electron chi connectivity index (χ2n) is 8.93. The number of piperidine rings is 1. The third kappa shape index (κ3) is 4.24. The van der Waals surface area contributed by atoms with E-state index in [0.29, 0.717) is 31.2 Å². The molecule has 10 heteroatoms. The van der Waals surface area contributed by atoms with Crippen molar-refractivity contribution in [1.82, 2.24) is 19.8 Å². The summed E-state index contributed by atoms with van der Waals surface area (Å²) in [6, 6.07) is 1.91. The SMILES string of the molecule is O=C(/C=C/c1cnc2c(c1)CC1(CN(C(=O)CO)C1)C(=O)N2)N1CCC(=Cc2ncco2)CC1. The third-order valence-electron chi connectivity index (χ3n) is 6.62. The average molecular weight is 463 g/mol. The Kier molecular flexibility index (Phi) is 5.74. The lowest BCUT2D eigenvalue weighted by molar-refractivity contribution is -0.153. The van der Waals surface area contributed by atoms with Gasteiger partial charge in [-0.2, -0.15) is 0 Å². The number of oxazole rings is 1. The number of rotatable bonds is 4. The Labute approximate surface area is 196 Å². The van der Waals surface area contributed by atoms with Gasteiger partial charge < -0.3 is 24.6 Å². The zero-order chi connectivity index (χ0) is 23.7. The van der Waals surface area contributed by atoms with Gasteiger partial charge in [-0.05, 0) is 48.6 Å². The van der Waals surface area contributed by atoms with Crippen LogP contribution in [0.3, 0.4) is 0 Å². The molecule has 0 bridgehead atoms. The van der Waals surface area contributed by atoms with Crippen molar-refractivity contribution in [1.29, 1.82) is 0 Å². The number of nitrogens with one attached hydrogen (secondary N) is 1. The minimum atomic E-state index is -0.693. The molecule has 0 aromatic carbocycles. The van der Waals surface area contributed by atoms with Crippen molar-refractivity contribution < 1.29 is 23.9 Å². The fraction of sp³-hybridized carbons (Fsp3) is 0.375. The number of nitrogens with zero attached hydrogens (tertiary/aromatic N) is 4. The number of hydrogen-bond acceptors (Lipinski definition) is 7. The lowest BCUT2D eigenvalue weighted by Gasteiger charge is -2.50. The van der Waals surface area contributed by atoms with Gasteiger partial charge in [-0.25, -0.2) is 9.97 Å². The standard InChI is InChI=1S/C24H25N5O5/c30-13-21(32)29-14-24(15-29)11-18-9-17(12-26-22(18)27-23(24)33)1-2-20(31)28-6-3-16(4-7-28)10-19-25-5-8-34-19/h1-2,5,8-10,12,30H,3-4,6-7,11,13-15H2,(H,26,27,33)/b2-1+. The summed E-state index contributed by atoms with van der Waals surface area (Å²) in [6.07, 6.45) is 12.0. The summed E-state index contributed by atoms with van der Waals surface area (Å²) in [5, 5.41) is 11.9. The van der Waals surface area contributed by atoms with E-state index in [2.05, 4.69) is 15.3 Å². The molecule has 0 aliphatic carbocycles. The van der Waals surface area contributed by atoms with Gasteiger partial charge in [-0.15, -0.1) is 0 Å². The van der Waals surface area contributed by atoms with Crippen LogP contribution < -0.4 is 5.32 Å². The van der Waals surface area contributed by atoms with Crippen molar-refractivity contribution >= 4 is 35.7 Å². The number of aliphatic hydroxyl groups is 1. The van der Waals surface area contributed by atoms with E-state index in [1.54, 1.807) is 24.5 Å². The van der Waals surface area contributed by atoms with Crippen molar-refractivity contribution in [2.24, 2.45) is 5.41 Å². The van der Waals surface area contributed by atoms with Crippen LogP contribution in [0.2, 0.25) is 0 Å². The van der Waals surface area contributed by atoms with Crippen molar-refractivity contribution in [2.75, 3.05) is 38.1 Å². The minimum absolute atomic E-state index is 0.0604. The van der Waals surface area contributed by atoms with Crippen LogP contribution in [-0.2, 0) is 20.8 Å². The highest BCUT2D eigenvalue weighted by Crippen LogP contribution is 2.40. The first-order valence-corrected chi connectivity index (χ1v) is 11.2. The quantitative estimate of drug-likeness (QED) is 0.650. The second kappa shape index (κ2) is 8.86. The van der Waals surface area contributed by atoms with Crippen molar-refractivity contribution in [3.8, 4) is 0 Å². The third-order valence-corrected chi connectivity index (χ3v) is 6.62. The fourth-order valence-electron chi connectivity index (χ4n) is 4.68. The van der Waals surface area contributed by atoms with Gasteiger partial charge in [-0.3, -0.25) is 14.4 Å². The summed E-state index contributed by atoms with van der Waals surface area (Å²) in [5.74, 6) is 0.495. The molecule has 0 saturated carbocycles. The molecule has 10 nitrogen and oxygen atoms in total. The maximum Gasteiger partial charge on any atom is 0.248 e. The monoisotopic (exact) mass is 463 g/mol. The second-order valence-corrected chi connectivity index (χ2v) is 8.93. The van der Waals surface area contributed by atoms with Crippen LogP contribution in [-0.4, -0.2) is 75.4 Å². The smallest absolute Gasteiger partial charge is 0.248 e. The van der Waals surface area contributed by atoms with Gasteiger partial charge in [-0.1, -0.05) is 5.57 Å². The first-order chi connectivity index (χ1) is 16.5. The normalized spacial score (nSPS) is 19.1. The Hall–Kier alpha value is -3.79. The number of anilines is 1. The first kappa shape index (κ1) is 22.0. The Bertz CT molecular complexity index is 1170. The van der Waals surface area contributed by atoms with E-state index in [1.165, 1.54) is 16.7 Å². The topological polar surface area (TPSA) is 129 Å². The van der Waals surface area contributed by atoms with Gasteiger partial charge in [0.1, 0.15) is 18.7 Å². The summed E-state index contributed by atoms with van der Waals surface area (Å²) in [7, 11) is 0. The zero-order valence-corrected chi connectivity index (χ0v) is 18.6. The molecule has 3 aliphatic rings. The molecule has 5 heterocycles. The molecule has 0 radical (unpaired) electrons. The highest BCUT2D eigenvalue weighted by atomic mass is 16.3. The molecule has 1 spiro atoms. The van der Waals surface area contributed by atoms with Gasteiger partial charge in [0.2, 0.25) is 23.6 Å². The van der Waals surface area contributed by atoms with Crippen molar-refractivity contribution in [3.63, 3.8) is 0 Å². The van der Waals surface area contributed by atoms with Crippen LogP contribution in [0.1, 0.15) is 29.9 Å². The van der Waals surface area contributed by atoms with Crippen LogP contribution >= 0.6 is 0 Å².